The van der Waals surface area contributed by atoms with Crippen LogP contribution >= 0.6 is 0 Å². The third-order valence-corrected chi connectivity index (χ3v) is 2.02. The Kier molecular flexibility index (Phi) is 6.29. The Morgan fingerprint density at radius 1 is 1.38 bits per heavy atom. The highest BCUT2D eigenvalue weighted by Crippen LogP contribution is 2.09. The minimum absolute atomic E-state index is 0.463. The van der Waals surface area contributed by atoms with Gasteiger partial charge in [-0.25, -0.2) is 4.79 Å². The summed E-state index contributed by atoms with van der Waals surface area (Å²) in [6, 6.07) is 0. The van der Waals surface area contributed by atoms with Crippen LogP contribution in [0.4, 0.5) is 0 Å². The molecule has 0 radical (unpaired) electrons. The molecule has 0 fully saturated rings. The topological polar surface area (TPSA) is 37.3 Å². The number of carboxylic acid groups (broad SMARTS) is 1. The molecule has 0 unspecified atom stereocenters. The van der Waals surface area contributed by atoms with Crippen LogP contribution in [0.1, 0.15) is 46.5 Å². The summed E-state index contributed by atoms with van der Waals surface area (Å²) in [4.78, 5) is 10.4. The van der Waals surface area contributed by atoms with Crippen molar-refractivity contribution in [3.8, 4) is 0 Å². The number of carbonyl (C=O) groups is 1. The molecule has 0 aliphatic rings. The predicted octanol–water partition coefficient (Wildman–Crippen LogP) is 3.23. The van der Waals surface area contributed by atoms with E-state index < -0.39 is 5.97 Å². The molecule has 2 heteroatoms. The largest absolute Gasteiger partial charge is 0.478 e. The highest BCUT2D eigenvalue weighted by Gasteiger charge is 1.98. The van der Waals surface area contributed by atoms with Crippen LogP contribution in [0, 0.1) is 5.92 Å². The first-order valence-electron chi connectivity index (χ1n) is 4.94. The molecule has 0 saturated carbocycles. The lowest BCUT2D eigenvalue weighted by Gasteiger charge is -2.02. The van der Waals surface area contributed by atoms with Gasteiger partial charge in [-0.15, -0.1) is 0 Å². The van der Waals surface area contributed by atoms with Crippen molar-refractivity contribution in [3.05, 3.63) is 11.6 Å². The lowest BCUT2D eigenvalue weighted by molar-refractivity contribution is -0.132. The minimum atomic E-state index is -0.802. The highest BCUT2D eigenvalue weighted by atomic mass is 16.4. The zero-order valence-corrected chi connectivity index (χ0v) is 8.84. The smallest absolute Gasteiger partial charge is 0.330 e. The van der Waals surface area contributed by atoms with Crippen LogP contribution in [0.5, 0.6) is 0 Å². The van der Waals surface area contributed by atoms with E-state index >= 15 is 0 Å². The molecule has 2 nitrogen and oxygen atoms in total. The quantitative estimate of drug-likeness (QED) is 0.508. The first-order valence-corrected chi connectivity index (χ1v) is 4.94. The van der Waals surface area contributed by atoms with Gasteiger partial charge in [0.2, 0.25) is 0 Å². The van der Waals surface area contributed by atoms with Gasteiger partial charge in [-0.2, -0.15) is 0 Å². The van der Waals surface area contributed by atoms with E-state index in [9.17, 15) is 4.79 Å². The van der Waals surface area contributed by atoms with Crippen LogP contribution < -0.4 is 0 Å². The van der Waals surface area contributed by atoms with E-state index in [4.69, 9.17) is 5.11 Å². The SMILES string of the molecule is CC(=CCCCCC(C)C)C(=O)O. The Hall–Kier alpha value is -0.790. The second-order valence-corrected chi connectivity index (χ2v) is 3.87. The van der Waals surface area contributed by atoms with E-state index in [-0.39, 0.29) is 0 Å². The molecule has 0 spiro atoms. The molecule has 0 aliphatic heterocycles. The fourth-order valence-electron chi connectivity index (χ4n) is 1.10. The van der Waals surface area contributed by atoms with Crippen LogP contribution in [0.15, 0.2) is 11.6 Å². The van der Waals surface area contributed by atoms with Crippen LogP contribution in [0.25, 0.3) is 0 Å². The van der Waals surface area contributed by atoms with E-state index in [0.29, 0.717) is 5.57 Å². The Labute approximate surface area is 80.7 Å². The number of carboxylic acids is 1. The third-order valence-electron chi connectivity index (χ3n) is 2.02. The Bertz CT molecular complexity index is 181. The first-order chi connectivity index (χ1) is 6.04. The molecule has 1 N–H and O–H groups in total. The normalized spacial score (nSPS) is 12.2. The molecule has 0 aromatic carbocycles. The molecular weight excluding hydrogens is 164 g/mol. The molecule has 0 atom stereocenters. The monoisotopic (exact) mass is 184 g/mol. The van der Waals surface area contributed by atoms with Crippen LogP contribution in [0.3, 0.4) is 0 Å². The van der Waals surface area contributed by atoms with Gasteiger partial charge in [0.05, 0.1) is 0 Å². The fourth-order valence-corrected chi connectivity index (χ4v) is 1.10. The second-order valence-electron chi connectivity index (χ2n) is 3.87. The van der Waals surface area contributed by atoms with Gasteiger partial charge in [-0.05, 0) is 25.7 Å². The number of aliphatic carboxylic acids is 1. The predicted molar refractivity (Wildman–Crippen MR) is 54.7 cm³/mol. The molecule has 0 heterocycles. The van der Waals surface area contributed by atoms with Crippen molar-refractivity contribution < 1.29 is 9.90 Å². The summed E-state index contributed by atoms with van der Waals surface area (Å²) in [6.07, 6.45) is 6.23. The molecule has 0 bridgehead atoms. The number of unbranched alkanes of at least 4 members (excludes halogenated alkanes) is 2. The van der Waals surface area contributed by atoms with Gasteiger partial charge < -0.3 is 5.11 Å². The van der Waals surface area contributed by atoms with Crippen LogP contribution in [0.2, 0.25) is 0 Å². The summed E-state index contributed by atoms with van der Waals surface area (Å²) >= 11 is 0. The maximum Gasteiger partial charge on any atom is 0.330 e. The summed E-state index contributed by atoms with van der Waals surface area (Å²) < 4.78 is 0. The van der Waals surface area contributed by atoms with Gasteiger partial charge >= 0.3 is 5.97 Å². The molecule has 0 aromatic heterocycles. The minimum Gasteiger partial charge on any atom is -0.478 e. The molecule has 0 rings (SSSR count). The zero-order chi connectivity index (χ0) is 10.3. The number of hydrogen-bond acceptors (Lipinski definition) is 1. The van der Waals surface area contributed by atoms with Crippen molar-refractivity contribution in [1.29, 1.82) is 0 Å². The van der Waals surface area contributed by atoms with E-state index in [1.54, 1.807) is 6.92 Å². The zero-order valence-electron chi connectivity index (χ0n) is 8.84. The summed E-state index contributed by atoms with van der Waals surface area (Å²) in [7, 11) is 0. The molecular formula is C11H20O2. The molecule has 76 valence electrons. The Morgan fingerprint density at radius 3 is 2.46 bits per heavy atom. The Morgan fingerprint density at radius 2 is 2.00 bits per heavy atom. The highest BCUT2D eigenvalue weighted by molar-refractivity contribution is 5.85. The first kappa shape index (κ1) is 12.2. The summed E-state index contributed by atoms with van der Waals surface area (Å²) in [5, 5.41) is 8.56. The van der Waals surface area contributed by atoms with Crippen molar-refractivity contribution in [2.45, 2.75) is 46.5 Å². The van der Waals surface area contributed by atoms with Crippen LogP contribution in [-0.2, 0) is 4.79 Å². The fraction of sp³-hybridized carbons (Fsp3) is 0.727. The van der Waals surface area contributed by atoms with Crippen molar-refractivity contribution in [1.82, 2.24) is 0 Å². The average Bonchev–Trinajstić information content (AvgIpc) is 2.02. The van der Waals surface area contributed by atoms with Crippen molar-refractivity contribution in [2.24, 2.45) is 5.92 Å². The van der Waals surface area contributed by atoms with Gasteiger partial charge in [-0.1, -0.05) is 32.8 Å². The lowest BCUT2D eigenvalue weighted by atomic mass is 10.0. The number of hydrogen-bond donors (Lipinski definition) is 1. The summed E-state index contributed by atoms with van der Waals surface area (Å²) in [6.45, 7) is 6.06. The Balaban J connectivity index is 3.45. The van der Waals surface area contributed by atoms with Crippen molar-refractivity contribution in [3.63, 3.8) is 0 Å². The van der Waals surface area contributed by atoms with Crippen LogP contribution in [-0.4, -0.2) is 11.1 Å². The molecule has 0 aromatic rings. The number of rotatable bonds is 6. The third kappa shape index (κ3) is 7.57. The second kappa shape index (κ2) is 6.70. The van der Waals surface area contributed by atoms with Crippen molar-refractivity contribution in [2.75, 3.05) is 0 Å². The van der Waals surface area contributed by atoms with Gasteiger partial charge in [0.1, 0.15) is 0 Å². The van der Waals surface area contributed by atoms with E-state index in [1.807, 2.05) is 6.08 Å². The molecule has 0 amide bonds. The van der Waals surface area contributed by atoms with Crippen molar-refractivity contribution >= 4 is 5.97 Å². The summed E-state index contributed by atoms with van der Waals surface area (Å²) in [5.74, 6) is -0.0478. The maximum atomic E-state index is 10.4. The van der Waals surface area contributed by atoms with Gasteiger partial charge in [-0.3, -0.25) is 0 Å². The molecule has 0 saturated heterocycles. The van der Waals surface area contributed by atoms with E-state index in [2.05, 4.69) is 13.8 Å². The van der Waals surface area contributed by atoms with Gasteiger partial charge in [0, 0.05) is 5.57 Å². The summed E-state index contributed by atoms with van der Waals surface area (Å²) in [5.41, 5.74) is 0.463. The lowest BCUT2D eigenvalue weighted by Crippen LogP contribution is -1.95. The number of allylic oxidation sites excluding steroid dienone is 1. The average molecular weight is 184 g/mol. The van der Waals surface area contributed by atoms with E-state index in [0.717, 1.165) is 18.8 Å². The standard InChI is InChI=1S/C11H20O2/c1-9(2)7-5-4-6-8-10(3)11(12)13/h8-9H,4-7H2,1-3H3,(H,12,13). The van der Waals surface area contributed by atoms with Gasteiger partial charge in [0.25, 0.3) is 0 Å². The van der Waals surface area contributed by atoms with Gasteiger partial charge in [0.15, 0.2) is 0 Å². The molecule has 13 heavy (non-hydrogen) atoms. The van der Waals surface area contributed by atoms with E-state index in [1.165, 1.54) is 12.8 Å². The molecule has 0 aliphatic carbocycles. The maximum absolute atomic E-state index is 10.4.